The van der Waals surface area contributed by atoms with Crippen LogP contribution in [0.25, 0.3) is 5.82 Å². The van der Waals surface area contributed by atoms with Gasteiger partial charge < -0.3 is 14.4 Å². The Labute approximate surface area is 293 Å². The predicted octanol–water partition coefficient (Wildman–Crippen LogP) is 6.02. The lowest BCUT2D eigenvalue weighted by Crippen LogP contribution is -2.45. The first-order valence-corrected chi connectivity index (χ1v) is 18.1. The maximum Gasteiger partial charge on any atom is 0.410 e. The van der Waals surface area contributed by atoms with Gasteiger partial charge in [0.25, 0.3) is 15.9 Å². The summed E-state index contributed by atoms with van der Waals surface area (Å²) in [4.78, 5) is 31.5. The van der Waals surface area contributed by atoms with Crippen LogP contribution in [-0.4, -0.2) is 80.3 Å². The van der Waals surface area contributed by atoms with Gasteiger partial charge in [0.05, 0.1) is 18.1 Å². The average molecular weight is 744 g/mol. The van der Waals surface area contributed by atoms with Gasteiger partial charge in [-0.05, 0) is 96.8 Å². The number of pyridine rings is 1. The second-order valence-electron chi connectivity index (χ2n) is 14.4. The van der Waals surface area contributed by atoms with Gasteiger partial charge in [-0.25, -0.2) is 19.2 Å². The van der Waals surface area contributed by atoms with Crippen LogP contribution in [0.1, 0.15) is 77.1 Å². The van der Waals surface area contributed by atoms with Gasteiger partial charge in [0.15, 0.2) is 10.8 Å². The summed E-state index contributed by atoms with van der Waals surface area (Å²) in [7, 11) is -4.35. The molecular formula is C32H41ClF3N7O6S. The molecule has 2 amide bonds. The first-order chi connectivity index (χ1) is 23.2. The molecule has 3 atom stereocenters. The third-order valence-electron chi connectivity index (χ3n) is 8.65. The molecule has 1 aliphatic carbocycles. The highest BCUT2D eigenvalue weighted by Crippen LogP contribution is 2.51. The zero-order valence-electron chi connectivity index (χ0n) is 28.4. The van der Waals surface area contributed by atoms with Crippen LogP contribution in [0.15, 0.2) is 41.7 Å². The molecule has 0 bridgehead atoms. The number of halogens is 4. The molecule has 5 rings (SSSR count). The third kappa shape index (κ3) is 9.27. The fraction of sp³-hybridized carbons (Fsp3) is 0.594. The highest BCUT2D eigenvalue weighted by molar-refractivity contribution is 7.90. The second-order valence-corrected chi connectivity index (χ2v) is 16.3. The fourth-order valence-electron chi connectivity index (χ4n) is 6.12. The van der Waals surface area contributed by atoms with E-state index in [-0.39, 0.29) is 64.4 Å². The van der Waals surface area contributed by atoms with Gasteiger partial charge in [-0.1, -0.05) is 11.6 Å². The molecule has 18 heteroatoms. The van der Waals surface area contributed by atoms with Crippen LogP contribution in [0.5, 0.6) is 5.88 Å². The van der Waals surface area contributed by atoms with Crippen molar-refractivity contribution in [2.75, 3.05) is 13.2 Å². The van der Waals surface area contributed by atoms with Crippen LogP contribution in [0, 0.1) is 17.8 Å². The first-order valence-electron chi connectivity index (χ1n) is 16.3. The van der Waals surface area contributed by atoms with Gasteiger partial charge in [0.2, 0.25) is 5.88 Å². The predicted molar refractivity (Wildman–Crippen MR) is 175 cm³/mol. The molecule has 1 N–H and O–H groups in total. The molecule has 3 unspecified atom stereocenters. The number of ether oxygens (including phenoxy) is 2. The van der Waals surface area contributed by atoms with Crippen LogP contribution in [0.2, 0.25) is 5.15 Å². The maximum atomic E-state index is 13.0. The Hall–Kier alpha value is -3.86. The minimum Gasteiger partial charge on any atom is -0.477 e. The van der Waals surface area contributed by atoms with E-state index in [2.05, 4.69) is 15.2 Å². The molecule has 1 saturated heterocycles. The molecule has 3 aromatic heterocycles. The van der Waals surface area contributed by atoms with E-state index in [0.717, 1.165) is 12.8 Å². The number of aryl methyl sites for hydroxylation is 1. The molecule has 13 nitrogen and oxygen atoms in total. The number of amides is 2. The number of nitrogens with zero attached hydrogens (tertiary/aromatic N) is 6. The molecule has 0 spiro atoms. The average Bonchev–Trinajstić information content (AvgIpc) is 3.27. The number of sulfonamides is 1. The van der Waals surface area contributed by atoms with Crippen molar-refractivity contribution in [2.45, 2.75) is 95.6 Å². The number of carbonyl (C=O) groups is 2. The molecule has 4 heterocycles. The minimum absolute atomic E-state index is 0.0729. The van der Waals surface area contributed by atoms with Crippen LogP contribution in [0.3, 0.4) is 0 Å². The van der Waals surface area contributed by atoms with Gasteiger partial charge in [0.1, 0.15) is 10.8 Å². The Morgan fingerprint density at radius 3 is 2.48 bits per heavy atom. The molecule has 2 aliphatic rings. The number of hydrogen-bond acceptors (Lipinski definition) is 9. The van der Waals surface area contributed by atoms with Crippen LogP contribution < -0.4 is 9.46 Å². The highest BCUT2D eigenvalue weighted by atomic mass is 35.5. The van der Waals surface area contributed by atoms with Crippen molar-refractivity contribution in [1.82, 2.24) is 34.2 Å². The standard InChI is InChI=1S/C32H41ClF3N7O6S/c1-30(2,3)49-29(45)42-19-20(18-31(42,4)5)7-6-13-41-14-11-26(39-41)50(46,47)40-28(44)22-8-9-24(37-27(22)33)43-15-10-25(38-43)48-16-12-21-17-23(21)32(34,35)36/h8-11,14-15,20-21,23H,6-7,12-13,16-19H2,1-5H3,(H,40,44). The monoisotopic (exact) mass is 743 g/mol. The van der Waals surface area contributed by atoms with Crippen molar-refractivity contribution in [1.29, 1.82) is 0 Å². The molecule has 0 radical (unpaired) electrons. The molecule has 3 aromatic rings. The number of alkyl halides is 3. The highest BCUT2D eigenvalue weighted by Gasteiger charge is 2.55. The smallest absolute Gasteiger partial charge is 0.410 e. The van der Waals surface area contributed by atoms with E-state index >= 15 is 0 Å². The normalized spacial score (nSPS) is 20.5. The van der Waals surface area contributed by atoms with Gasteiger partial charge in [-0.15, -0.1) is 5.10 Å². The van der Waals surface area contributed by atoms with E-state index in [9.17, 15) is 31.2 Å². The van der Waals surface area contributed by atoms with Crippen LogP contribution >= 0.6 is 11.6 Å². The van der Waals surface area contributed by atoms with Crippen molar-refractivity contribution in [2.24, 2.45) is 17.8 Å². The number of nitrogens with one attached hydrogen (secondary N) is 1. The number of hydrogen-bond donors (Lipinski definition) is 1. The fourth-order valence-corrected chi connectivity index (χ4v) is 7.26. The third-order valence-corrected chi connectivity index (χ3v) is 10.2. The van der Waals surface area contributed by atoms with Crippen molar-refractivity contribution in [3.05, 3.63) is 47.4 Å². The van der Waals surface area contributed by atoms with E-state index in [0.29, 0.717) is 19.5 Å². The summed E-state index contributed by atoms with van der Waals surface area (Å²) in [6.07, 6.45) is 1.15. The van der Waals surface area contributed by atoms with Crippen LogP contribution in [0.4, 0.5) is 18.0 Å². The minimum atomic E-state index is -4.35. The van der Waals surface area contributed by atoms with Crippen molar-refractivity contribution >= 4 is 33.6 Å². The maximum absolute atomic E-state index is 13.0. The first kappa shape index (κ1) is 37.4. The summed E-state index contributed by atoms with van der Waals surface area (Å²) >= 11 is 6.24. The van der Waals surface area contributed by atoms with Crippen LogP contribution in [-0.2, 0) is 21.3 Å². The summed E-state index contributed by atoms with van der Waals surface area (Å²) in [6, 6.07) is 5.48. The molecule has 2 fully saturated rings. The van der Waals surface area contributed by atoms with Crippen molar-refractivity contribution in [3.8, 4) is 11.7 Å². The lowest BCUT2D eigenvalue weighted by atomic mass is 9.93. The quantitative estimate of drug-likeness (QED) is 0.220. The van der Waals surface area contributed by atoms with E-state index in [1.165, 1.54) is 46.0 Å². The summed E-state index contributed by atoms with van der Waals surface area (Å²) in [5, 5.41) is 7.69. The summed E-state index contributed by atoms with van der Waals surface area (Å²) in [5.74, 6) is -2.11. The Morgan fingerprint density at radius 2 is 1.82 bits per heavy atom. The lowest BCUT2D eigenvalue weighted by Gasteiger charge is -2.33. The number of likely N-dealkylation sites (tertiary alicyclic amines) is 1. The molecule has 274 valence electrons. The van der Waals surface area contributed by atoms with E-state index < -0.39 is 39.5 Å². The molecule has 0 aromatic carbocycles. The lowest BCUT2D eigenvalue weighted by molar-refractivity contribution is -0.151. The molecule has 50 heavy (non-hydrogen) atoms. The number of rotatable bonds is 12. The van der Waals surface area contributed by atoms with E-state index in [1.54, 1.807) is 4.90 Å². The Kier molecular flexibility index (Phi) is 10.5. The topological polar surface area (TPSA) is 151 Å². The van der Waals surface area contributed by atoms with Crippen molar-refractivity contribution in [3.63, 3.8) is 0 Å². The van der Waals surface area contributed by atoms with Gasteiger partial charge >= 0.3 is 12.3 Å². The van der Waals surface area contributed by atoms with Gasteiger partial charge in [-0.2, -0.15) is 26.7 Å². The Morgan fingerprint density at radius 1 is 1.08 bits per heavy atom. The SMILES string of the molecule is CC(C)(C)OC(=O)N1CC(CCCn2ccc(S(=O)(=O)NC(=O)c3ccc(-n4ccc(OCCC5CC5C(F)(F)F)n4)nc3Cl)n2)CC1(C)C. The molecular weight excluding hydrogens is 703 g/mol. The Bertz CT molecular complexity index is 1820. The molecule has 1 aliphatic heterocycles. The van der Waals surface area contributed by atoms with Gasteiger partial charge in [0, 0.05) is 37.1 Å². The summed E-state index contributed by atoms with van der Waals surface area (Å²) in [5.41, 5.74) is -1.14. The summed E-state index contributed by atoms with van der Waals surface area (Å²) in [6.45, 7) is 10.6. The van der Waals surface area contributed by atoms with Gasteiger partial charge in [-0.3, -0.25) is 9.48 Å². The largest absolute Gasteiger partial charge is 0.477 e. The van der Waals surface area contributed by atoms with E-state index in [1.807, 2.05) is 39.3 Å². The van der Waals surface area contributed by atoms with E-state index in [4.69, 9.17) is 21.1 Å². The van der Waals surface area contributed by atoms with Crippen molar-refractivity contribution < 1.29 is 40.7 Å². The number of carbonyl (C=O) groups excluding carboxylic acids is 2. The molecule has 1 saturated carbocycles. The second kappa shape index (κ2) is 14.0. The number of aromatic nitrogens is 5. The summed E-state index contributed by atoms with van der Waals surface area (Å²) < 4.78 is 79.9. The zero-order valence-corrected chi connectivity index (χ0v) is 30.0. The zero-order chi connectivity index (χ0) is 36.6. The Balaban J connectivity index is 1.10.